The van der Waals surface area contributed by atoms with Crippen LogP contribution in [0.15, 0.2) is 36.4 Å². The maximum absolute atomic E-state index is 13.6. The molecule has 2 aromatic carbocycles. The Kier molecular flexibility index (Phi) is 5.30. The van der Waals surface area contributed by atoms with Crippen molar-refractivity contribution in [2.24, 2.45) is 0 Å². The third kappa shape index (κ3) is 3.80. The van der Waals surface area contributed by atoms with E-state index in [1.165, 1.54) is 6.07 Å². The van der Waals surface area contributed by atoms with Crippen LogP contribution in [0, 0.1) is 23.0 Å². The monoisotopic (exact) mass is 410 g/mol. The summed E-state index contributed by atoms with van der Waals surface area (Å²) in [5.74, 6) is -1.04. The molecular formula is C21H16F2N4O3. The van der Waals surface area contributed by atoms with E-state index in [4.69, 9.17) is 9.47 Å². The zero-order valence-corrected chi connectivity index (χ0v) is 15.7. The van der Waals surface area contributed by atoms with E-state index in [0.29, 0.717) is 41.4 Å². The van der Waals surface area contributed by atoms with Crippen molar-refractivity contribution in [3.05, 3.63) is 59.2 Å². The third-order valence-corrected chi connectivity index (χ3v) is 4.55. The first kappa shape index (κ1) is 19.4. The smallest absolute Gasteiger partial charge is 0.257 e. The first-order valence-electron chi connectivity index (χ1n) is 9.17. The van der Waals surface area contributed by atoms with Crippen LogP contribution in [0.2, 0.25) is 0 Å². The number of pyridine rings is 1. The number of nitrogens with zero attached hydrogens (tertiary/aromatic N) is 2. The lowest BCUT2D eigenvalue weighted by Crippen LogP contribution is -2.27. The lowest BCUT2D eigenvalue weighted by molar-refractivity contribution is 0.0945. The summed E-state index contributed by atoms with van der Waals surface area (Å²) < 4.78 is 37.9. The molecule has 1 aliphatic heterocycles. The number of halogens is 2. The van der Waals surface area contributed by atoms with Gasteiger partial charge in [0.15, 0.2) is 11.5 Å². The molecule has 0 spiro atoms. The molecule has 0 bridgehead atoms. The van der Waals surface area contributed by atoms with Crippen molar-refractivity contribution in [1.29, 1.82) is 5.26 Å². The number of ether oxygens (including phenoxy) is 2. The molecule has 0 radical (unpaired) electrons. The highest BCUT2D eigenvalue weighted by Gasteiger charge is 2.17. The summed E-state index contributed by atoms with van der Waals surface area (Å²) in [5, 5.41) is 15.7. The fourth-order valence-electron chi connectivity index (χ4n) is 3.08. The van der Waals surface area contributed by atoms with E-state index in [9.17, 15) is 18.8 Å². The largest absolute Gasteiger partial charge is 0.454 e. The number of benzene rings is 2. The van der Waals surface area contributed by atoms with Gasteiger partial charge in [0.25, 0.3) is 5.91 Å². The van der Waals surface area contributed by atoms with Gasteiger partial charge in [0.2, 0.25) is 6.79 Å². The average Bonchev–Trinajstić information content (AvgIpc) is 3.18. The van der Waals surface area contributed by atoms with Crippen LogP contribution in [0.3, 0.4) is 0 Å². The van der Waals surface area contributed by atoms with Gasteiger partial charge in [-0.15, -0.1) is 0 Å². The summed E-state index contributed by atoms with van der Waals surface area (Å²) in [6.07, 6.45) is 0.452. The summed E-state index contributed by atoms with van der Waals surface area (Å²) in [5.41, 5.74) is 0.398. The van der Waals surface area contributed by atoms with E-state index in [0.717, 1.165) is 17.5 Å². The molecule has 0 aliphatic carbocycles. The molecule has 9 heteroatoms. The third-order valence-electron chi connectivity index (χ3n) is 4.55. The number of carbonyl (C=O) groups is 1. The fraction of sp³-hybridized carbons (Fsp3) is 0.190. The Morgan fingerprint density at radius 2 is 1.87 bits per heavy atom. The van der Waals surface area contributed by atoms with Crippen molar-refractivity contribution in [3.63, 3.8) is 0 Å². The maximum Gasteiger partial charge on any atom is 0.257 e. The molecule has 3 aromatic rings. The van der Waals surface area contributed by atoms with Crippen molar-refractivity contribution >= 4 is 22.6 Å². The van der Waals surface area contributed by atoms with Crippen molar-refractivity contribution < 1.29 is 23.0 Å². The minimum absolute atomic E-state index is 0.143. The highest BCUT2D eigenvalue weighted by Crippen LogP contribution is 2.36. The van der Waals surface area contributed by atoms with Gasteiger partial charge in [0.1, 0.15) is 29.1 Å². The Balaban J connectivity index is 1.37. The first-order valence-corrected chi connectivity index (χ1v) is 9.17. The molecular weight excluding hydrogens is 394 g/mol. The lowest BCUT2D eigenvalue weighted by atomic mass is 10.1. The zero-order chi connectivity index (χ0) is 21.1. The molecule has 2 heterocycles. The number of fused-ring (bicyclic) bond motifs is 2. The number of hydrogen-bond donors (Lipinski definition) is 2. The SMILES string of the molecule is N#Cc1cc2cc3c(cc2nc1NCCCNC(=O)c1c(F)cccc1F)OCO3. The van der Waals surface area contributed by atoms with Crippen molar-refractivity contribution in [2.75, 3.05) is 25.2 Å². The molecule has 0 saturated heterocycles. The van der Waals surface area contributed by atoms with Gasteiger partial charge in [0, 0.05) is 24.5 Å². The highest BCUT2D eigenvalue weighted by atomic mass is 19.1. The summed E-state index contributed by atoms with van der Waals surface area (Å²) in [7, 11) is 0. The molecule has 0 saturated carbocycles. The van der Waals surface area contributed by atoms with E-state index < -0.39 is 23.1 Å². The molecule has 1 aromatic heterocycles. The van der Waals surface area contributed by atoms with Gasteiger partial charge >= 0.3 is 0 Å². The molecule has 2 N–H and O–H groups in total. The summed E-state index contributed by atoms with van der Waals surface area (Å²) in [4.78, 5) is 16.4. The molecule has 30 heavy (non-hydrogen) atoms. The average molecular weight is 410 g/mol. The van der Waals surface area contributed by atoms with Gasteiger partial charge in [-0.05, 0) is 30.7 Å². The number of anilines is 1. The minimum atomic E-state index is -0.912. The van der Waals surface area contributed by atoms with Crippen LogP contribution >= 0.6 is 0 Å². The number of aromatic nitrogens is 1. The second-order valence-corrected chi connectivity index (χ2v) is 6.53. The van der Waals surface area contributed by atoms with Crippen molar-refractivity contribution in [1.82, 2.24) is 10.3 Å². The summed E-state index contributed by atoms with van der Waals surface area (Å²) in [6, 6.07) is 10.6. The van der Waals surface area contributed by atoms with Gasteiger partial charge in [-0.1, -0.05) is 6.07 Å². The number of nitrogens with one attached hydrogen (secondary N) is 2. The van der Waals surface area contributed by atoms with Gasteiger partial charge in [-0.2, -0.15) is 5.26 Å². The lowest BCUT2D eigenvalue weighted by Gasteiger charge is -2.10. The fourth-order valence-corrected chi connectivity index (χ4v) is 3.08. The van der Waals surface area contributed by atoms with Crippen molar-refractivity contribution in [3.8, 4) is 17.6 Å². The number of carbonyl (C=O) groups excluding carboxylic acids is 1. The van der Waals surface area contributed by atoms with Gasteiger partial charge in [-0.3, -0.25) is 4.79 Å². The predicted molar refractivity (Wildman–Crippen MR) is 104 cm³/mol. The normalized spacial score (nSPS) is 11.9. The number of nitriles is 1. The predicted octanol–water partition coefficient (Wildman–Crippen LogP) is 3.35. The highest BCUT2D eigenvalue weighted by molar-refractivity contribution is 5.94. The second-order valence-electron chi connectivity index (χ2n) is 6.53. The quantitative estimate of drug-likeness (QED) is 0.605. The van der Waals surface area contributed by atoms with Crippen LogP contribution in [0.25, 0.3) is 10.9 Å². The standard InChI is InChI=1S/C21H16F2N4O3/c22-14-3-1-4-15(23)19(14)21(28)26-6-2-5-25-20-13(10-24)7-12-8-17-18(30-11-29-17)9-16(12)27-20/h1,3-4,7-9H,2,5-6,11H2,(H,25,27)(H,26,28). The number of rotatable bonds is 6. The Labute approximate surface area is 170 Å². The van der Waals surface area contributed by atoms with Crippen LogP contribution in [0.1, 0.15) is 22.3 Å². The van der Waals surface area contributed by atoms with E-state index in [2.05, 4.69) is 21.7 Å². The van der Waals surface area contributed by atoms with Crippen LogP contribution < -0.4 is 20.1 Å². The first-order chi connectivity index (χ1) is 14.6. The van der Waals surface area contributed by atoms with Crippen LogP contribution in [0.4, 0.5) is 14.6 Å². The number of hydrogen-bond acceptors (Lipinski definition) is 6. The van der Waals surface area contributed by atoms with E-state index >= 15 is 0 Å². The number of amides is 1. The van der Waals surface area contributed by atoms with Gasteiger partial charge < -0.3 is 20.1 Å². The molecule has 1 aliphatic rings. The zero-order valence-electron chi connectivity index (χ0n) is 15.7. The molecule has 0 fully saturated rings. The summed E-state index contributed by atoms with van der Waals surface area (Å²) in [6.45, 7) is 0.718. The Hall–Kier alpha value is -3.93. The van der Waals surface area contributed by atoms with E-state index in [1.807, 2.05) is 0 Å². The van der Waals surface area contributed by atoms with Crippen LogP contribution in [-0.2, 0) is 0 Å². The Morgan fingerprint density at radius 1 is 1.13 bits per heavy atom. The molecule has 1 amide bonds. The maximum atomic E-state index is 13.6. The summed E-state index contributed by atoms with van der Waals surface area (Å²) >= 11 is 0. The van der Waals surface area contributed by atoms with Gasteiger partial charge in [0.05, 0.1) is 11.1 Å². The molecule has 0 atom stereocenters. The molecule has 4 rings (SSSR count). The van der Waals surface area contributed by atoms with Crippen LogP contribution in [-0.4, -0.2) is 30.8 Å². The van der Waals surface area contributed by atoms with Crippen LogP contribution in [0.5, 0.6) is 11.5 Å². The van der Waals surface area contributed by atoms with E-state index in [1.54, 1.807) is 18.2 Å². The molecule has 7 nitrogen and oxygen atoms in total. The second kappa shape index (κ2) is 8.21. The molecule has 0 unspecified atom stereocenters. The van der Waals surface area contributed by atoms with Gasteiger partial charge in [-0.25, -0.2) is 13.8 Å². The Bertz CT molecular complexity index is 1160. The molecule has 152 valence electrons. The van der Waals surface area contributed by atoms with Crippen molar-refractivity contribution in [2.45, 2.75) is 6.42 Å². The van der Waals surface area contributed by atoms with E-state index in [-0.39, 0.29) is 13.3 Å². The topological polar surface area (TPSA) is 96.3 Å². The minimum Gasteiger partial charge on any atom is -0.454 e. The Morgan fingerprint density at radius 3 is 2.60 bits per heavy atom.